The predicted molar refractivity (Wildman–Crippen MR) is 64.6 cm³/mol. The maximum absolute atomic E-state index is 11.6. The van der Waals surface area contributed by atoms with Crippen LogP contribution in [-0.2, 0) is 4.74 Å². The average Bonchev–Trinajstić information content (AvgIpc) is 2.15. The number of hydrogen-bond acceptors (Lipinski definition) is 4. The highest BCUT2D eigenvalue weighted by atomic mass is 16.6. The van der Waals surface area contributed by atoms with Gasteiger partial charge in [-0.25, -0.2) is 4.79 Å². The van der Waals surface area contributed by atoms with Crippen LogP contribution in [0.25, 0.3) is 0 Å². The van der Waals surface area contributed by atoms with Gasteiger partial charge in [0.05, 0.1) is 0 Å². The molecule has 0 aromatic heterocycles. The van der Waals surface area contributed by atoms with E-state index in [1.54, 1.807) is 32.9 Å². The van der Waals surface area contributed by atoms with Crippen molar-refractivity contribution in [1.29, 1.82) is 0 Å². The van der Waals surface area contributed by atoms with Crippen molar-refractivity contribution in [2.45, 2.75) is 26.4 Å². The van der Waals surface area contributed by atoms with Crippen LogP contribution in [0.5, 0.6) is 0 Å². The molecule has 1 aromatic rings. The third-order valence-corrected chi connectivity index (χ3v) is 1.79. The Morgan fingerprint density at radius 2 is 1.71 bits per heavy atom. The molecule has 3 N–H and O–H groups in total. The van der Waals surface area contributed by atoms with Crippen molar-refractivity contribution in [2.24, 2.45) is 0 Å². The number of nitrogens with one attached hydrogen (secondary N) is 1. The largest absolute Gasteiger partial charge is 0.444 e. The van der Waals surface area contributed by atoms with Crippen LogP contribution in [0.2, 0.25) is 0 Å². The van der Waals surface area contributed by atoms with Crippen molar-refractivity contribution in [3.8, 4) is 0 Å². The molecular weight excluding hydrogens is 220 g/mol. The topological polar surface area (TPSA) is 81.4 Å². The van der Waals surface area contributed by atoms with E-state index in [1.807, 2.05) is 0 Å². The van der Waals surface area contributed by atoms with E-state index < -0.39 is 17.6 Å². The Kier molecular flexibility index (Phi) is 3.73. The second kappa shape index (κ2) is 4.86. The molecule has 0 aliphatic rings. The molecule has 0 fully saturated rings. The van der Waals surface area contributed by atoms with Crippen LogP contribution in [0.15, 0.2) is 24.3 Å². The summed E-state index contributed by atoms with van der Waals surface area (Å²) in [5.74, 6) is -0.515. The van der Waals surface area contributed by atoms with E-state index in [0.29, 0.717) is 11.3 Å². The molecule has 0 spiro atoms. The van der Waals surface area contributed by atoms with Gasteiger partial charge < -0.3 is 10.5 Å². The van der Waals surface area contributed by atoms with Crippen molar-refractivity contribution < 1.29 is 14.3 Å². The molecule has 92 valence electrons. The maximum atomic E-state index is 11.6. The number of nitrogens with two attached hydrogens (primary N) is 1. The first-order valence-electron chi connectivity index (χ1n) is 5.18. The lowest BCUT2D eigenvalue weighted by molar-refractivity contribution is 0.0508. The molecular formula is C12H16N2O3. The Balaban J connectivity index is 2.61. The van der Waals surface area contributed by atoms with E-state index in [4.69, 9.17) is 10.5 Å². The number of ether oxygens (including phenoxy) is 1. The van der Waals surface area contributed by atoms with Crippen molar-refractivity contribution in [3.63, 3.8) is 0 Å². The normalized spacial score (nSPS) is 10.8. The smallest absolute Gasteiger partial charge is 0.414 e. The number of amides is 2. The van der Waals surface area contributed by atoms with Gasteiger partial charge in [0.25, 0.3) is 5.91 Å². The van der Waals surface area contributed by atoms with E-state index >= 15 is 0 Å². The van der Waals surface area contributed by atoms with Crippen molar-refractivity contribution in [2.75, 3.05) is 5.73 Å². The Morgan fingerprint density at radius 3 is 2.18 bits per heavy atom. The highest BCUT2D eigenvalue weighted by Gasteiger charge is 2.18. The number of nitrogen functional groups attached to an aromatic ring is 1. The zero-order valence-corrected chi connectivity index (χ0v) is 10.1. The summed E-state index contributed by atoms with van der Waals surface area (Å²) in [5, 5.41) is 2.13. The fourth-order valence-electron chi connectivity index (χ4n) is 1.10. The van der Waals surface area contributed by atoms with Gasteiger partial charge in [0.2, 0.25) is 0 Å². The molecule has 0 saturated carbocycles. The molecule has 0 saturated heterocycles. The average molecular weight is 236 g/mol. The highest BCUT2D eigenvalue weighted by Crippen LogP contribution is 2.08. The maximum Gasteiger partial charge on any atom is 0.414 e. The van der Waals surface area contributed by atoms with Gasteiger partial charge in [-0.15, -0.1) is 0 Å². The quantitative estimate of drug-likeness (QED) is 0.730. The van der Waals surface area contributed by atoms with Gasteiger partial charge in [0.1, 0.15) is 5.60 Å². The SMILES string of the molecule is CC(C)(C)OC(=O)NC(=O)c1ccc(N)cc1. The monoisotopic (exact) mass is 236 g/mol. The van der Waals surface area contributed by atoms with Gasteiger partial charge in [-0.05, 0) is 45.0 Å². The number of carbonyl (C=O) groups excluding carboxylic acids is 2. The fraction of sp³-hybridized carbons (Fsp3) is 0.333. The second-order valence-electron chi connectivity index (χ2n) is 4.58. The zero-order valence-electron chi connectivity index (χ0n) is 10.1. The molecule has 2 amide bonds. The number of rotatable bonds is 1. The molecule has 5 nitrogen and oxygen atoms in total. The standard InChI is InChI=1S/C12H16N2O3/c1-12(2,3)17-11(16)14-10(15)8-4-6-9(13)7-5-8/h4-7H,13H2,1-3H3,(H,14,15,16). The summed E-state index contributed by atoms with van der Waals surface area (Å²) in [6.07, 6.45) is -0.765. The lowest BCUT2D eigenvalue weighted by Crippen LogP contribution is -2.36. The Bertz CT molecular complexity index is 418. The van der Waals surface area contributed by atoms with Crippen LogP contribution in [0.1, 0.15) is 31.1 Å². The van der Waals surface area contributed by atoms with Gasteiger partial charge in [-0.2, -0.15) is 0 Å². The molecule has 1 aromatic carbocycles. The Morgan fingerprint density at radius 1 is 1.18 bits per heavy atom. The zero-order chi connectivity index (χ0) is 13.1. The molecule has 17 heavy (non-hydrogen) atoms. The van der Waals surface area contributed by atoms with Crippen molar-refractivity contribution >= 4 is 17.7 Å². The van der Waals surface area contributed by atoms with E-state index in [-0.39, 0.29) is 0 Å². The first-order chi connectivity index (χ1) is 7.78. The minimum absolute atomic E-state index is 0.352. The van der Waals surface area contributed by atoms with Gasteiger partial charge in [-0.3, -0.25) is 10.1 Å². The van der Waals surface area contributed by atoms with Gasteiger partial charge in [0, 0.05) is 11.3 Å². The van der Waals surface area contributed by atoms with E-state index in [9.17, 15) is 9.59 Å². The summed E-state index contributed by atoms with van der Waals surface area (Å²) in [4.78, 5) is 22.9. The van der Waals surface area contributed by atoms with Gasteiger partial charge >= 0.3 is 6.09 Å². The molecule has 0 radical (unpaired) electrons. The summed E-state index contributed by atoms with van der Waals surface area (Å²) in [7, 11) is 0. The molecule has 0 aliphatic heterocycles. The minimum Gasteiger partial charge on any atom is -0.444 e. The lowest BCUT2D eigenvalue weighted by atomic mass is 10.2. The summed E-state index contributed by atoms with van der Waals surface area (Å²) >= 11 is 0. The number of imide groups is 1. The van der Waals surface area contributed by atoms with Crippen LogP contribution in [0, 0.1) is 0 Å². The number of alkyl carbamates (subject to hydrolysis) is 1. The summed E-state index contributed by atoms with van der Waals surface area (Å²) < 4.78 is 4.96. The van der Waals surface area contributed by atoms with Gasteiger partial charge in [-0.1, -0.05) is 0 Å². The molecule has 0 bridgehead atoms. The van der Waals surface area contributed by atoms with Crippen molar-refractivity contribution in [1.82, 2.24) is 5.32 Å². The number of hydrogen-bond donors (Lipinski definition) is 2. The molecule has 0 unspecified atom stereocenters. The first kappa shape index (κ1) is 13.0. The second-order valence-corrected chi connectivity index (χ2v) is 4.58. The number of anilines is 1. The van der Waals surface area contributed by atoms with Crippen LogP contribution >= 0.6 is 0 Å². The van der Waals surface area contributed by atoms with E-state index in [1.165, 1.54) is 12.1 Å². The molecule has 1 rings (SSSR count). The Labute approximate surface area is 99.9 Å². The van der Waals surface area contributed by atoms with Gasteiger partial charge in [0.15, 0.2) is 0 Å². The molecule has 5 heteroatoms. The van der Waals surface area contributed by atoms with E-state index in [2.05, 4.69) is 5.32 Å². The summed E-state index contributed by atoms with van der Waals surface area (Å²) in [6, 6.07) is 6.25. The predicted octanol–water partition coefficient (Wildman–Crippen LogP) is 1.93. The van der Waals surface area contributed by atoms with E-state index in [0.717, 1.165) is 0 Å². The fourth-order valence-corrected chi connectivity index (χ4v) is 1.10. The first-order valence-corrected chi connectivity index (χ1v) is 5.18. The number of benzene rings is 1. The molecule has 0 atom stereocenters. The summed E-state index contributed by atoms with van der Waals surface area (Å²) in [5.41, 5.74) is 5.76. The van der Waals surface area contributed by atoms with Crippen LogP contribution in [0.3, 0.4) is 0 Å². The van der Waals surface area contributed by atoms with Crippen LogP contribution in [-0.4, -0.2) is 17.6 Å². The molecule has 0 aliphatic carbocycles. The third-order valence-electron chi connectivity index (χ3n) is 1.79. The van der Waals surface area contributed by atoms with Crippen LogP contribution < -0.4 is 11.1 Å². The highest BCUT2D eigenvalue weighted by molar-refractivity contribution is 6.03. The lowest BCUT2D eigenvalue weighted by Gasteiger charge is -2.19. The third kappa shape index (κ3) is 4.55. The van der Waals surface area contributed by atoms with Crippen LogP contribution in [0.4, 0.5) is 10.5 Å². The minimum atomic E-state index is -0.765. The summed E-state index contributed by atoms with van der Waals surface area (Å²) in [6.45, 7) is 5.17. The van der Waals surface area contributed by atoms with Crippen molar-refractivity contribution in [3.05, 3.63) is 29.8 Å². The Hall–Kier alpha value is -2.04. The molecule has 0 heterocycles. The number of carbonyl (C=O) groups is 2.